The van der Waals surface area contributed by atoms with Crippen molar-refractivity contribution in [1.29, 1.82) is 0 Å². The second-order valence-corrected chi connectivity index (χ2v) is 3.92. The van der Waals surface area contributed by atoms with Crippen LogP contribution in [0, 0.1) is 0 Å². The number of carbonyl (C=O) groups excluding carboxylic acids is 1. The number of anilines is 2. The summed E-state index contributed by atoms with van der Waals surface area (Å²) in [6.45, 7) is 2.65. The first-order valence-electron chi connectivity index (χ1n) is 4.78. The molecule has 0 atom stereocenters. The molecule has 0 fully saturated rings. The van der Waals surface area contributed by atoms with Gasteiger partial charge in [0.1, 0.15) is 0 Å². The number of thioether (sulfide) groups is 1. The quantitative estimate of drug-likeness (QED) is 0.604. The van der Waals surface area contributed by atoms with Crippen LogP contribution in [0.1, 0.15) is 13.3 Å². The fraction of sp³-hybridized carbons (Fsp3) is 0.500. The fourth-order valence-electron chi connectivity index (χ4n) is 0.898. The Hall–Kier alpha value is -1.57. The topological polar surface area (TPSA) is 120 Å². The van der Waals surface area contributed by atoms with Gasteiger partial charge in [-0.05, 0) is 6.42 Å². The Kier molecular flexibility index (Phi) is 4.77. The van der Waals surface area contributed by atoms with Gasteiger partial charge in [0.25, 0.3) is 0 Å². The molecule has 0 aliphatic carbocycles. The molecular weight excluding hydrogens is 228 g/mol. The highest BCUT2D eigenvalue weighted by atomic mass is 32.2. The summed E-state index contributed by atoms with van der Waals surface area (Å²) in [5.74, 6) is 0.292. The zero-order chi connectivity index (χ0) is 12.0. The van der Waals surface area contributed by atoms with Crippen molar-refractivity contribution in [3.63, 3.8) is 0 Å². The maximum atomic E-state index is 11.3. The Morgan fingerprint density at radius 1 is 1.31 bits per heavy atom. The van der Waals surface area contributed by atoms with E-state index in [2.05, 4.69) is 20.3 Å². The largest absolute Gasteiger partial charge is 0.368 e. The first-order chi connectivity index (χ1) is 7.61. The predicted molar refractivity (Wildman–Crippen MR) is 62.7 cm³/mol. The summed E-state index contributed by atoms with van der Waals surface area (Å²) in [6.07, 6.45) is 0.905. The van der Waals surface area contributed by atoms with Gasteiger partial charge in [0.05, 0.1) is 5.75 Å². The van der Waals surface area contributed by atoms with E-state index in [1.807, 2.05) is 6.92 Å². The number of hydrogen-bond acceptors (Lipinski definition) is 7. The maximum Gasteiger partial charge on any atom is 0.230 e. The van der Waals surface area contributed by atoms with Gasteiger partial charge in [-0.1, -0.05) is 18.7 Å². The minimum atomic E-state index is -0.0654. The van der Waals surface area contributed by atoms with E-state index in [0.29, 0.717) is 11.7 Å². The average molecular weight is 242 g/mol. The van der Waals surface area contributed by atoms with Crippen molar-refractivity contribution in [2.24, 2.45) is 0 Å². The van der Waals surface area contributed by atoms with Gasteiger partial charge < -0.3 is 16.8 Å². The Morgan fingerprint density at radius 2 is 1.94 bits per heavy atom. The van der Waals surface area contributed by atoms with E-state index in [1.165, 1.54) is 11.8 Å². The summed E-state index contributed by atoms with van der Waals surface area (Å²) in [5.41, 5.74) is 10.8. The molecule has 1 aromatic rings. The molecule has 0 radical (unpaired) electrons. The third kappa shape index (κ3) is 4.30. The van der Waals surface area contributed by atoms with Crippen LogP contribution in [0.5, 0.6) is 0 Å². The van der Waals surface area contributed by atoms with Crippen LogP contribution in [0.4, 0.5) is 11.9 Å². The lowest BCUT2D eigenvalue weighted by Crippen LogP contribution is -2.25. The molecule has 7 nitrogen and oxygen atoms in total. The summed E-state index contributed by atoms with van der Waals surface area (Å²) in [6, 6.07) is 0. The summed E-state index contributed by atoms with van der Waals surface area (Å²) in [7, 11) is 0. The molecule has 5 N–H and O–H groups in total. The first-order valence-corrected chi connectivity index (χ1v) is 5.77. The standard InChI is InChI=1S/C8H14N6OS/c1-2-3-11-5(15)4-16-8-13-6(9)12-7(10)14-8/h2-4H2,1H3,(H,11,15)(H4,9,10,12,13,14). The zero-order valence-electron chi connectivity index (χ0n) is 8.93. The van der Waals surface area contributed by atoms with E-state index in [0.717, 1.165) is 6.42 Å². The van der Waals surface area contributed by atoms with Gasteiger partial charge in [-0.15, -0.1) is 0 Å². The molecule has 0 saturated carbocycles. The van der Waals surface area contributed by atoms with Crippen LogP contribution in [-0.2, 0) is 4.79 Å². The molecule has 0 saturated heterocycles. The molecule has 0 unspecified atom stereocenters. The molecule has 0 spiro atoms. The van der Waals surface area contributed by atoms with Gasteiger partial charge in [-0.25, -0.2) is 0 Å². The van der Waals surface area contributed by atoms with Crippen LogP contribution in [0.15, 0.2) is 5.16 Å². The number of aromatic nitrogens is 3. The molecule has 0 aliphatic heterocycles. The molecule has 1 aromatic heterocycles. The molecular formula is C8H14N6OS. The Balaban J connectivity index is 2.45. The fourth-order valence-corrected chi connectivity index (χ4v) is 1.58. The van der Waals surface area contributed by atoms with E-state index >= 15 is 0 Å². The lowest BCUT2D eigenvalue weighted by Gasteiger charge is -2.03. The lowest BCUT2D eigenvalue weighted by atomic mass is 10.5. The molecule has 1 rings (SSSR count). The number of nitrogens with zero attached hydrogens (tertiary/aromatic N) is 3. The highest BCUT2D eigenvalue weighted by molar-refractivity contribution is 7.99. The minimum Gasteiger partial charge on any atom is -0.368 e. The highest BCUT2D eigenvalue weighted by Gasteiger charge is 2.06. The SMILES string of the molecule is CCCNC(=O)CSc1nc(N)nc(N)n1. The van der Waals surface area contributed by atoms with Crippen LogP contribution in [0.3, 0.4) is 0 Å². The van der Waals surface area contributed by atoms with Crippen LogP contribution in [0.2, 0.25) is 0 Å². The van der Waals surface area contributed by atoms with Crippen LogP contribution in [0.25, 0.3) is 0 Å². The van der Waals surface area contributed by atoms with E-state index in [-0.39, 0.29) is 23.6 Å². The number of nitrogens with one attached hydrogen (secondary N) is 1. The smallest absolute Gasteiger partial charge is 0.230 e. The monoisotopic (exact) mass is 242 g/mol. The van der Waals surface area contributed by atoms with Gasteiger partial charge in [0.2, 0.25) is 17.8 Å². The lowest BCUT2D eigenvalue weighted by molar-refractivity contribution is -0.118. The molecule has 8 heteroatoms. The van der Waals surface area contributed by atoms with Crippen molar-refractivity contribution in [3.05, 3.63) is 0 Å². The van der Waals surface area contributed by atoms with E-state index < -0.39 is 0 Å². The third-order valence-corrected chi connectivity index (χ3v) is 2.40. The van der Waals surface area contributed by atoms with Crippen molar-refractivity contribution in [2.75, 3.05) is 23.8 Å². The first kappa shape index (κ1) is 12.5. The van der Waals surface area contributed by atoms with Gasteiger partial charge in [0, 0.05) is 6.54 Å². The Labute approximate surface area is 97.4 Å². The highest BCUT2D eigenvalue weighted by Crippen LogP contribution is 2.13. The summed E-state index contributed by atoms with van der Waals surface area (Å²) >= 11 is 1.17. The van der Waals surface area contributed by atoms with E-state index in [1.54, 1.807) is 0 Å². The van der Waals surface area contributed by atoms with Crippen molar-refractivity contribution in [1.82, 2.24) is 20.3 Å². The van der Waals surface area contributed by atoms with E-state index in [9.17, 15) is 4.79 Å². The third-order valence-electron chi connectivity index (χ3n) is 1.55. The Bertz CT molecular complexity index is 351. The van der Waals surface area contributed by atoms with Crippen LogP contribution in [-0.4, -0.2) is 33.2 Å². The van der Waals surface area contributed by atoms with Crippen LogP contribution < -0.4 is 16.8 Å². The minimum absolute atomic E-state index is 0.0592. The molecule has 0 bridgehead atoms. The molecule has 0 aliphatic rings. The molecule has 1 heterocycles. The maximum absolute atomic E-state index is 11.3. The second-order valence-electron chi connectivity index (χ2n) is 2.97. The Morgan fingerprint density at radius 3 is 2.50 bits per heavy atom. The zero-order valence-corrected chi connectivity index (χ0v) is 9.75. The number of hydrogen-bond donors (Lipinski definition) is 3. The van der Waals surface area contributed by atoms with Gasteiger partial charge >= 0.3 is 0 Å². The summed E-state index contributed by atoms with van der Waals surface area (Å²) in [5, 5.41) is 3.10. The molecule has 0 aromatic carbocycles. The van der Waals surface area contributed by atoms with Gasteiger partial charge in [0.15, 0.2) is 5.16 Å². The van der Waals surface area contributed by atoms with Crippen molar-refractivity contribution in [3.8, 4) is 0 Å². The van der Waals surface area contributed by atoms with E-state index in [4.69, 9.17) is 11.5 Å². The van der Waals surface area contributed by atoms with Gasteiger partial charge in [-0.3, -0.25) is 4.79 Å². The molecule has 88 valence electrons. The van der Waals surface area contributed by atoms with Crippen LogP contribution >= 0.6 is 11.8 Å². The average Bonchev–Trinajstić information content (AvgIpc) is 2.22. The predicted octanol–water partition coefficient (Wildman–Crippen LogP) is -0.346. The number of amides is 1. The number of carbonyl (C=O) groups is 1. The molecule has 16 heavy (non-hydrogen) atoms. The van der Waals surface area contributed by atoms with Crippen molar-refractivity contribution >= 4 is 29.6 Å². The molecule has 1 amide bonds. The van der Waals surface area contributed by atoms with Crippen molar-refractivity contribution < 1.29 is 4.79 Å². The van der Waals surface area contributed by atoms with Gasteiger partial charge in [-0.2, -0.15) is 15.0 Å². The number of nitrogen functional groups attached to an aromatic ring is 2. The second kappa shape index (κ2) is 6.11. The summed E-state index contributed by atoms with van der Waals surface area (Å²) in [4.78, 5) is 22.6. The number of nitrogens with two attached hydrogens (primary N) is 2. The summed E-state index contributed by atoms with van der Waals surface area (Å²) < 4.78 is 0. The number of rotatable bonds is 5. The van der Waals surface area contributed by atoms with Crippen molar-refractivity contribution in [2.45, 2.75) is 18.5 Å². The normalized spacial score (nSPS) is 10.1.